The molecule has 0 radical (unpaired) electrons. The number of rotatable bonds is 2. The van der Waals surface area contributed by atoms with Crippen molar-refractivity contribution in [3.63, 3.8) is 0 Å². The van der Waals surface area contributed by atoms with Gasteiger partial charge in [0.2, 0.25) is 10.9 Å². The molecule has 2 rings (SSSR count). The molecule has 1 aromatic rings. The lowest BCUT2D eigenvalue weighted by molar-refractivity contribution is -0.121. The molecule has 5 nitrogen and oxygen atoms in total. The van der Waals surface area contributed by atoms with E-state index in [1.165, 1.54) is 11.3 Å². The van der Waals surface area contributed by atoms with E-state index in [1.807, 2.05) is 13.8 Å². The lowest BCUT2D eigenvalue weighted by Gasteiger charge is -2.26. The third-order valence-corrected chi connectivity index (χ3v) is 3.75. The number of fused-ring (bicyclic) bond motifs is 1. The smallest absolute Gasteiger partial charge is 0.365 e. The number of carbonyl (C=O) groups is 2. The second kappa shape index (κ2) is 4.44. The highest BCUT2D eigenvalue weighted by atomic mass is 32.1. The second-order valence-corrected chi connectivity index (χ2v) is 5.40. The summed E-state index contributed by atoms with van der Waals surface area (Å²) in [6.45, 7) is 4.30. The molecule has 0 saturated heterocycles. The van der Waals surface area contributed by atoms with Gasteiger partial charge in [0.25, 0.3) is 0 Å². The molecule has 92 valence electrons. The minimum Gasteiger partial charge on any atom is -0.476 e. The number of hydrogen-bond donors (Lipinski definition) is 1. The topological polar surface area (TPSA) is 70.5 Å². The predicted octanol–water partition coefficient (Wildman–Crippen LogP) is 1.78. The van der Waals surface area contributed by atoms with Crippen LogP contribution in [0.3, 0.4) is 0 Å². The van der Waals surface area contributed by atoms with Crippen molar-refractivity contribution in [3.05, 3.63) is 9.88 Å². The van der Waals surface area contributed by atoms with Gasteiger partial charge >= 0.3 is 5.97 Å². The summed E-state index contributed by atoms with van der Waals surface area (Å²) in [6, 6.07) is 0. The van der Waals surface area contributed by atoms with Crippen LogP contribution in [0.1, 0.15) is 34.9 Å². The summed E-state index contributed by atoms with van der Waals surface area (Å²) in [5.41, 5.74) is 0. The molecule has 6 heteroatoms. The van der Waals surface area contributed by atoms with Gasteiger partial charge in [0, 0.05) is 12.5 Å². The van der Waals surface area contributed by atoms with Gasteiger partial charge < -0.3 is 5.11 Å². The van der Waals surface area contributed by atoms with Gasteiger partial charge in [-0.15, -0.1) is 11.3 Å². The molecule has 0 unspecified atom stereocenters. The number of carbonyl (C=O) groups excluding carboxylic acids is 1. The van der Waals surface area contributed by atoms with Crippen molar-refractivity contribution >= 4 is 29.0 Å². The molecule has 0 atom stereocenters. The number of nitrogens with zero attached hydrogens (tertiary/aromatic N) is 2. The third-order valence-electron chi connectivity index (χ3n) is 2.66. The highest BCUT2D eigenvalue weighted by Crippen LogP contribution is 2.32. The van der Waals surface area contributed by atoms with Gasteiger partial charge in [-0.05, 0) is 12.8 Å². The Bertz CT molecular complexity index is 467. The van der Waals surface area contributed by atoms with Gasteiger partial charge in [0.1, 0.15) is 5.82 Å². The van der Waals surface area contributed by atoms with E-state index >= 15 is 0 Å². The van der Waals surface area contributed by atoms with Gasteiger partial charge in [-0.25, -0.2) is 9.78 Å². The van der Waals surface area contributed by atoms with E-state index in [0.29, 0.717) is 12.4 Å². The molecule has 0 aliphatic carbocycles. The Hall–Kier alpha value is -1.43. The monoisotopic (exact) mass is 254 g/mol. The molecule has 1 N–H and O–H groups in total. The molecule has 0 spiro atoms. The van der Waals surface area contributed by atoms with Crippen LogP contribution in [-0.4, -0.2) is 28.5 Å². The standard InChI is InChI=1S/C11H14N2O3S/c1-6(2)10(14)13-5-3-4-7-8(13)12-9(17-7)11(15)16/h6H,3-5H2,1-2H3,(H,15,16). The molecule has 0 fully saturated rings. The first-order valence-electron chi connectivity index (χ1n) is 5.55. The zero-order valence-corrected chi connectivity index (χ0v) is 10.6. The van der Waals surface area contributed by atoms with E-state index < -0.39 is 5.97 Å². The maximum absolute atomic E-state index is 12.0. The van der Waals surface area contributed by atoms with Gasteiger partial charge in [-0.1, -0.05) is 13.8 Å². The highest BCUT2D eigenvalue weighted by Gasteiger charge is 2.29. The van der Waals surface area contributed by atoms with Crippen molar-refractivity contribution in [2.45, 2.75) is 26.7 Å². The van der Waals surface area contributed by atoms with Crippen molar-refractivity contribution in [1.29, 1.82) is 0 Å². The van der Waals surface area contributed by atoms with Crippen molar-refractivity contribution in [1.82, 2.24) is 4.98 Å². The first-order valence-corrected chi connectivity index (χ1v) is 6.36. The Morgan fingerprint density at radius 3 is 2.76 bits per heavy atom. The van der Waals surface area contributed by atoms with Gasteiger partial charge in [-0.3, -0.25) is 9.69 Å². The Morgan fingerprint density at radius 1 is 1.47 bits per heavy atom. The summed E-state index contributed by atoms with van der Waals surface area (Å²) in [5, 5.41) is 8.98. The van der Waals surface area contributed by atoms with Crippen LogP contribution in [0.5, 0.6) is 0 Å². The molecular formula is C11H14N2O3S. The van der Waals surface area contributed by atoms with E-state index in [-0.39, 0.29) is 16.8 Å². The summed E-state index contributed by atoms with van der Waals surface area (Å²) in [6.07, 6.45) is 1.68. The molecule has 0 aromatic carbocycles. The van der Waals surface area contributed by atoms with Crippen LogP contribution in [-0.2, 0) is 11.2 Å². The second-order valence-electron chi connectivity index (χ2n) is 4.32. The number of anilines is 1. The Kier molecular flexibility index (Phi) is 3.15. The minimum atomic E-state index is -1.03. The number of carboxylic acids is 1. The van der Waals surface area contributed by atoms with Gasteiger partial charge in [0.05, 0.1) is 4.88 Å². The zero-order chi connectivity index (χ0) is 12.6. The van der Waals surface area contributed by atoms with E-state index in [0.717, 1.165) is 17.7 Å². The SMILES string of the molecule is CC(C)C(=O)N1CCCc2sc(C(=O)O)nc21. The van der Waals surface area contributed by atoms with Gasteiger partial charge in [-0.2, -0.15) is 0 Å². The fourth-order valence-electron chi connectivity index (χ4n) is 1.84. The van der Waals surface area contributed by atoms with Gasteiger partial charge in [0.15, 0.2) is 0 Å². The minimum absolute atomic E-state index is 0.00758. The Balaban J connectivity index is 2.37. The molecule has 1 aliphatic heterocycles. The number of thiazole rings is 1. The van der Waals surface area contributed by atoms with Crippen LogP contribution in [0.2, 0.25) is 0 Å². The number of aromatic carboxylic acids is 1. The van der Waals surface area contributed by atoms with Crippen LogP contribution in [0, 0.1) is 5.92 Å². The van der Waals surface area contributed by atoms with E-state index in [2.05, 4.69) is 4.98 Å². The molecule has 1 aromatic heterocycles. The number of carboxylic acid groups (broad SMARTS) is 1. The maximum atomic E-state index is 12.0. The first-order chi connectivity index (χ1) is 8.00. The fraction of sp³-hybridized carbons (Fsp3) is 0.545. The summed E-state index contributed by atoms with van der Waals surface area (Å²) >= 11 is 1.17. The van der Waals surface area contributed by atoms with E-state index in [1.54, 1.807) is 4.90 Å². The average molecular weight is 254 g/mol. The summed E-state index contributed by atoms with van der Waals surface area (Å²) in [5.74, 6) is -0.567. The number of aryl methyl sites for hydroxylation is 1. The number of aromatic nitrogens is 1. The molecule has 2 heterocycles. The lowest BCUT2D eigenvalue weighted by atomic mass is 10.1. The normalized spacial score (nSPS) is 14.9. The average Bonchev–Trinajstić information content (AvgIpc) is 2.71. The lowest BCUT2D eigenvalue weighted by Crippen LogP contribution is -2.38. The fourth-order valence-corrected chi connectivity index (χ4v) is 2.79. The predicted molar refractivity (Wildman–Crippen MR) is 64.6 cm³/mol. The third kappa shape index (κ3) is 2.17. The highest BCUT2D eigenvalue weighted by molar-refractivity contribution is 7.14. The number of amides is 1. The van der Waals surface area contributed by atoms with Crippen molar-refractivity contribution in [2.75, 3.05) is 11.4 Å². The van der Waals surface area contributed by atoms with Crippen LogP contribution in [0.15, 0.2) is 0 Å². The molecule has 0 bridgehead atoms. The van der Waals surface area contributed by atoms with Crippen LogP contribution in [0.25, 0.3) is 0 Å². The summed E-state index contributed by atoms with van der Waals surface area (Å²) in [4.78, 5) is 29.4. The van der Waals surface area contributed by atoms with Crippen molar-refractivity contribution in [3.8, 4) is 0 Å². The van der Waals surface area contributed by atoms with Crippen molar-refractivity contribution in [2.24, 2.45) is 5.92 Å². The van der Waals surface area contributed by atoms with E-state index in [4.69, 9.17) is 5.11 Å². The Morgan fingerprint density at radius 2 is 2.18 bits per heavy atom. The van der Waals surface area contributed by atoms with E-state index in [9.17, 15) is 9.59 Å². The molecule has 17 heavy (non-hydrogen) atoms. The molecule has 0 saturated carbocycles. The maximum Gasteiger partial charge on any atom is 0.365 e. The summed E-state index contributed by atoms with van der Waals surface area (Å²) in [7, 11) is 0. The van der Waals surface area contributed by atoms with Crippen molar-refractivity contribution < 1.29 is 14.7 Å². The van der Waals surface area contributed by atoms with Crippen LogP contribution >= 0.6 is 11.3 Å². The Labute approximate surface area is 103 Å². The first kappa shape index (κ1) is 12.0. The molecular weight excluding hydrogens is 240 g/mol. The zero-order valence-electron chi connectivity index (χ0n) is 9.77. The van der Waals surface area contributed by atoms with Crippen LogP contribution < -0.4 is 4.90 Å². The summed E-state index contributed by atoms with van der Waals surface area (Å²) < 4.78 is 0. The largest absolute Gasteiger partial charge is 0.476 e. The quantitative estimate of drug-likeness (QED) is 0.873. The number of hydrogen-bond acceptors (Lipinski definition) is 4. The molecule has 1 aliphatic rings. The van der Waals surface area contributed by atoms with Crippen LogP contribution in [0.4, 0.5) is 5.82 Å². The molecule has 1 amide bonds.